The summed E-state index contributed by atoms with van der Waals surface area (Å²) in [6.07, 6.45) is 10.8. The van der Waals surface area contributed by atoms with Gasteiger partial charge in [-0.05, 0) is 85.8 Å². The lowest BCUT2D eigenvalue weighted by Crippen LogP contribution is -2.39. The van der Waals surface area contributed by atoms with Crippen molar-refractivity contribution in [1.82, 2.24) is 0 Å². The molecule has 3 aliphatic rings. The van der Waals surface area contributed by atoms with Crippen LogP contribution in [0.15, 0.2) is 24.3 Å². The SMILES string of the molecule is CC1CC2CC(C1)CC(C)(c1ccc(NC3CCCCC3C(=O)O)cc1)C2. The van der Waals surface area contributed by atoms with E-state index in [4.69, 9.17) is 0 Å². The predicted octanol–water partition coefficient (Wildman–Crippen LogP) is 5.85. The quantitative estimate of drug-likeness (QED) is 0.700. The van der Waals surface area contributed by atoms with Crippen molar-refractivity contribution in [3.63, 3.8) is 0 Å². The molecule has 3 heteroatoms. The van der Waals surface area contributed by atoms with Gasteiger partial charge in [-0.3, -0.25) is 4.79 Å². The van der Waals surface area contributed by atoms with E-state index in [-0.39, 0.29) is 12.0 Å². The molecule has 3 saturated carbocycles. The summed E-state index contributed by atoms with van der Waals surface area (Å²) in [5, 5.41) is 13.0. The number of fused-ring (bicyclic) bond motifs is 2. The summed E-state index contributed by atoms with van der Waals surface area (Å²) in [6.45, 7) is 4.89. The van der Waals surface area contributed by atoms with Gasteiger partial charge < -0.3 is 10.4 Å². The van der Waals surface area contributed by atoms with Gasteiger partial charge in [-0.25, -0.2) is 0 Å². The molecule has 4 rings (SSSR count). The van der Waals surface area contributed by atoms with E-state index in [1.807, 2.05) is 0 Å². The third kappa shape index (κ3) is 4.02. The first-order valence-electron chi connectivity index (χ1n) is 11.0. The molecule has 2 N–H and O–H groups in total. The zero-order chi connectivity index (χ0) is 19.0. The van der Waals surface area contributed by atoms with Crippen LogP contribution in [0.5, 0.6) is 0 Å². The van der Waals surface area contributed by atoms with E-state index in [2.05, 4.69) is 43.4 Å². The Balaban J connectivity index is 1.45. The second-order valence-electron chi connectivity index (χ2n) is 10.1. The Labute approximate surface area is 163 Å². The topological polar surface area (TPSA) is 49.3 Å². The van der Waals surface area contributed by atoms with Crippen molar-refractivity contribution in [2.24, 2.45) is 23.7 Å². The fourth-order valence-corrected chi connectivity index (χ4v) is 6.61. The molecule has 2 bridgehead atoms. The summed E-state index contributed by atoms with van der Waals surface area (Å²) >= 11 is 0. The number of carbonyl (C=O) groups is 1. The summed E-state index contributed by atoms with van der Waals surface area (Å²) in [7, 11) is 0. The monoisotopic (exact) mass is 369 g/mol. The van der Waals surface area contributed by atoms with Crippen molar-refractivity contribution in [3.8, 4) is 0 Å². The molecule has 3 fully saturated rings. The second-order valence-corrected chi connectivity index (χ2v) is 10.1. The van der Waals surface area contributed by atoms with Gasteiger partial charge in [-0.2, -0.15) is 0 Å². The molecular formula is C24H35NO2. The Morgan fingerprint density at radius 1 is 1.04 bits per heavy atom. The Morgan fingerprint density at radius 3 is 2.30 bits per heavy atom. The Hall–Kier alpha value is -1.51. The number of nitrogens with one attached hydrogen (secondary N) is 1. The van der Waals surface area contributed by atoms with Crippen molar-refractivity contribution in [2.45, 2.75) is 83.1 Å². The highest BCUT2D eigenvalue weighted by molar-refractivity contribution is 5.72. The number of rotatable bonds is 4. The van der Waals surface area contributed by atoms with Crippen LogP contribution in [0.1, 0.15) is 77.2 Å². The first kappa shape index (κ1) is 18.8. The molecule has 1 aromatic carbocycles. The van der Waals surface area contributed by atoms with Crippen LogP contribution < -0.4 is 5.32 Å². The van der Waals surface area contributed by atoms with Crippen LogP contribution in [-0.2, 0) is 10.2 Å². The minimum atomic E-state index is -0.653. The maximum Gasteiger partial charge on any atom is 0.308 e. The van der Waals surface area contributed by atoms with Crippen LogP contribution in [0.3, 0.4) is 0 Å². The molecular weight excluding hydrogens is 334 g/mol. The van der Waals surface area contributed by atoms with E-state index in [1.165, 1.54) is 37.7 Å². The molecule has 0 amide bonds. The van der Waals surface area contributed by atoms with Crippen molar-refractivity contribution < 1.29 is 9.90 Å². The van der Waals surface area contributed by atoms with E-state index in [1.54, 1.807) is 0 Å². The summed E-state index contributed by atoms with van der Waals surface area (Å²) in [5.41, 5.74) is 2.85. The molecule has 4 atom stereocenters. The smallest absolute Gasteiger partial charge is 0.308 e. The van der Waals surface area contributed by atoms with Gasteiger partial charge in [-0.15, -0.1) is 0 Å². The van der Waals surface area contributed by atoms with Gasteiger partial charge in [0.2, 0.25) is 0 Å². The summed E-state index contributed by atoms with van der Waals surface area (Å²) < 4.78 is 0. The van der Waals surface area contributed by atoms with Crippen LogP contribution in [0.4, 0.5) is 5.69 Å². The average molecular weight is 370 g/mol. The van der Waals surface area contributed by atoms with Crippen LogP contribution in [0, 0.1) is 23.7 Å². The molecule has 27 heavy (non-hydrogen) atoms. The number of carboxylic acids is 1. The highest BCUT2D eigenvalue weighted by Gasteiger charge is 2.41. The third-order valence-electron chi connectivity index (χ3n) is 7.63. The molecule has 0 aliphatic heterocycles. The molecule has 0 saturated heterocycles. The molecule has 3 aliphatic carbocycles. The normalized spacial score (nSPS) is 39.0. The van der Waals surface area contributed by atoms with Gasteiger partial charge in [0, 0.05) is 11.7 Å². The standard InChI is InChI=1S/C24H35NO2/c1-16-11-17-13-18(12-16)15-24(2,14-17)19-7-9-20(10-8-19)25-22-6-4-3-5-21(22)23(26)27/h7-10,16-18,21-22,25H,3-6,11-15H2,1-2H3,(H,26,27). The Morgan fingerprint density at radius 2 is 1.67 bits per heavy atom. The van der Waals surface area contributed by atoms with Crippen LogP contribution in [0.25, 0.3) is 0 Å². The van der Waals surface area contributed by atoms with E-state index in [9.17, 15) is 9.90 Å². The Bertz CT molecular complexity index is 649. The van der Waals surface area contributed by atoms with Gasteiger partial charge >= 0.3 is 5.97 Å². The van der Waals surface area contributed by atoms with Crippen molar-refractivity contribution in [2.75, 3.05) is 5.32 Å². The van der Waals surface area contributed by atoms with E-state index < -0.39 is 5.97 Å². The largest absolute Gasteiger partial charge is 0.481 e. The lowest BCUT2D eigenvalue weighted by molar-refractivity contribution is -0.143. The van der Waals surface area contributed by atoms with Crippen molar-refractivity contribution in [1.29, 1.82) is 0 Å². The zero-order valence-electron chi connectivity index (χ0n) is 16.9. The molecule has 0 radical (unpaired) electrons. The summed E-state index contributed by atoms with van der Waals surface area (Å²) in [6, 6.07) is 9.02. The summed E-state index contributed by atoms with van der Waals surface area (Å²) in [4.78, 5) is 11.5. The van der Waals surface area contributed by atoms with E-state index in [0.717, 1.165) is 49.1 Å². The van der Waals surface area contributed by atoms with Gasteiger partial charge in [0.15, 0.2) is 0 Å². The molecule has 148 valence electrons. The first-order valence-corrected chi connectivity index (χ1v) is 11.0. The maximum atomic E-state index is 11.5. The third-order valence-corrected chi connectivity index (χ3v) is 7.63. The molecule has 3 nitrogen and oxygen atoms in total. The minimum absolute atomic E-state index is 0.0632. The fraction of sp³-hybridized carbons (Fsp3) is 0.708. The van der Waals surface area contributed by atoms with Crippen LogP contribution >= 0.6 is 0 Å². The molecule has 1 aromatic rings. The van der Waals surface area contributed by atoms with Crippen molar-refractivity contribution >= 4 is 11.7 Å². The number of carboxylic acid groups (broad SMARTS) is 1. The molecule has 0 aromatic heterocycles. The predicted molar refractivity (Wildman–Crippen MR) is 110 cm³/mol. The van der Waals surface area contributed by atoms with Crippen LogP contribution in [-0.4, -0.2) is 17.1 Å². The number of hydrogen-bond donors (Lipinski definition) is 2. The number of anilines is 1. The lowest BCUT2D eigenvalue weighted by atomic mass is 9.57. The minimum Gasteiger partial charge on any atom is -0.481 e. The Kier molecular flexibility index (Phi) is 5.22. The maximum absolute atomic E-state index is 11.5. The molecule has 0 spiro atoms. The van der Waals surface area contributed by atoms with Crippen LogP contribution in [0.2, 0.25) is 0 Å². The van der Waals surface area contributed by atoms with Gasteiger partial charge in [0.25, 0.3) is 0 Å². The highest BCUT2D eigenvalue weighted by atomic mass is 16.4. The number of benzene rings is 1. The highest BCUT2D eigenvalue weighted by Crippen LogP contribution is 2.51. The molecule has 4 unspecified atom stereocenters. The first-order chi connectivity index (χ1) is 12.9. The average Bonchev–Trinajstić information content (AvgIpc) is 2.61. The van der Waals surface area contributed by atoms with E-state index >= 15 is 0 Å². The summed E-state index contributed by atoms with van der Waals surface area (Å²) in [5.74, 6) is 1.79. The number of aliphatic carboxylic acids is 1. The fourth-order valence-electron chi connectivity index (χ4n) is 6.61. The van der Waals surface area contributed by atoms with E-state index in [0.29, 0.717) is 5.41 Å². The number of hydrogen-bond acceptors (Lipinski definition) is 2. The molecule has 0 heterocycles. The lowest BCUT2D eigenvalue weighted by Gasteiger charge is -2.47. The van der Waals surface area contributed by atoms with Gasteiger partial charge in [0.05, 0.1) is 5.92 Å². The van der Waals surface area contributed by atoms with Crippen molar-refractivity contribution in [3.05, 3.63) is 29.8 Å². The van der Waals surface area contributed by atoms with Gasteiger partial charge in [-0.1, -0.05) is 38.8 Å². The van der Waals surface area contributed by atoms with Gasteiger partial charge in [0.1, 0.15) is 0 Å². The zero-order valence-corrected chi connectivity index (χ0v) is 16.9. The second kappa shape index (κ2) is 7.48.